The number of aryl methyl sites for hydroxylation is 1. The van der Waals surface area contributed by atoms with Gasteiger partial charge in [0.2, 0.25) is 0 Å². The minimum Gasteiger partial charge on any atom is -0.486 e. The average Bonchev–Trinajstić information content (AvgIpc) is 3.03. The molecule has 0 bridgehead atoms. The quantitative estimate of drug-likeness (QED) is 0.331. The Morgan fingerprint density at radius 3 is 2.69 bits per heavy atom. The predicted octanol–water partition coefficient (Wildman–Crippen LogP) is 4.12. The number of nitrogens with zero attached hydrogens (tertiary/aromatic N) is 2. The van der Waals surface area contributed by atoms with Crippen molar-refractivity contribution in [1.82, 2.24) is 15.6 Å². The Morgan fingerprint density at radius 2 is 2.08 bits per heavy atom. The lowest BCUT2D eigenvalue weighted by Gasteiger charge is -2.20. The summed E-state index contributed by atoms with van der Waals surface area (Å²) >= 11 is 1.64. The van der Waals surface area contributed by atoms with Gasteiger partial charge in [-0.1, -0.05) is 19.1 Å². The standard InChI is InChI=1S/C18H25FN4OS.HI/c1-4-14(24-16-9-7-6-8-15(16)19)11-22-18(20-5-2)23-12-17-21-10-13(3)25-17;/h6-10,14H,4-5,11-12H2,1-3H3,(H2,20,22,23);1H. The van der Waals surface area contributed by atoms with Crippen LogP contribution < -0.4 is 15.4 Å². The van der Waals surface area contributed by atoms with Crippen LogP contribution in [-0.4, -0.2) is 30.1 Å². The first-order valence-electron chi connectivity index (χ1n) is 8.47. The minimum absolute atomic E-state index is 0. The zero-order valence-corrected chi connectivity index (χ0v) is 18.4. The van der Waals surface area contributed by atoms with Gasteiger partial charge in [-0.2, -0.15) is 0 Å². The summed E-state index contributed by atoms with van der Waals surface area (Å²) in [5.41, 5.74) is 0. The molecule has 2 rings (SSSR count). The summed E-state index contributed by atoms with van der Waals surface area (Å²) in [6.07, 6.45) is 2.46. The van der Waals surface area contributed by atoms with Crippen LogP contribution in [0.5, 0.6) is 5.75 Å². The lowest BCUT2D eigenvalue weighted by atomic mass is 10.2. The van der Waals surface area contributed by atoms with E-state index in [9.17, 15) is 4.39 Å². The van der Waals surface area contributed by atoms with Gasteiger partial charge in [-0.15, -0.1) is 35.3 Å². The van der Waals surface area contributed by atoms with Gasteiger partial charge in [0, 0.05) is 17.6 Å². The summed E-state index contributed by atoms with van der Waals surface area (Å²) in [7, 11) is 0. The predicted molar refractivity (Wildman–Crippen MR) is 116 cm³/mol. The highest BCUT2D eigenvalue weighted by atomic mass is 127. The fourth-order valence-electron chi connectivity index (χ4n) is 2.16. The van der Waals surface area contributed by atoms with Gasteiger partial charge in [0.15, 0.2) is 17.5 Å². The Hall–Kier alpha value is -1.42. The molecular weight excluding hydrogens is 466 g/mol. The number of ether oxygens (including phenoxy) is 1. The first-order valence-corrected chi connectivity index (χ1v) is 9.28. The van der Waals surface area contributed by atoms with Crippen molar-refractivity contribution >= 4 is 41.3 Å². The van der Waals surface area contributed by atoms with E-state index in [-0.39, 0.29) is 41.6 Å². The zero-order chi connectivity index (χ0) is 18.1. The molecule has 0 amide bonds. The van der Waals surface area contributed by atoms with Crippen molar-refractivity contribution in [2.24, 2.45) is 4.99 Å². The average molecular weight is 492 g/mol. The van der Waals surface area contributed by atoms with Crippen LogP contribution in [0.2, 0.25) is 0 Å². The molecule has 1 aromatic heterocycles. The summed E-state index contributed by atoms with van der Waals surface area (Å²) in [5, 5.41) is 7.43. The molecule has 0 radical (unpaired) electrons. The van der Waals surface area contributed by atoms with Gasteiger partial charge in [0.05, 0.1) is 13.1 Å². The Bertz CT molecular complexity index is 695. The van der Waals surface area contributed by atoms with Crippen molar-refractivity contribution in [3.8, 4) is 5.75 Å². The van der Waals surface area contributed by atoms with E-state index in [1.165, 1.54) is 10.9 Å². The molecule has 5 nitrogen and oxygen atoms in total. The second kappa shape index (κ2) is 12.1. The maximum atomic E-state index is 13.7. The fourth-order valence-corrected chi connectivity index (χ4v) is 2.87. The molecule has 0 aliphatic carbocycles. The summed E-state index contributed by atoms with van der Waals surface area (Å²) < 4.78 is 19.5. The summed E-state index contributed by atoms with van der Waals surface area (Å²) in [6.45, 7) is 7.87. The van der Waals surface area contributed by atoms with E-state index in [0.29, 0.717) is 19.0 Å². The van der Waals surface area contributed by atoms with Crippen LogP contribution in [0.4, 0.5) is 4.39 Å². The van der Waals surface area contributed by atoms with Gasteiger partial charge >= 0.3 is 0 Å². The first kappa shape index (κ1) is 22.6. The minimum atomic E-state index is -0.347. The molecular formula is C18H26FIN4OS. The number of hydrogen-bond donors (Lipinski definition) is 2. The number of rotatable bonds is 8. The van der Waals surface area contributed by atoms with Gasteiger partial charge in [0.1, 0.15) is 11.1 Å². The molecule has 26 heavy (non-hydrogen) atoms. The largest absolute Gasteiger partial charge is 0.486 e. The lowest BCUT2D eigenvalue weighted by molar-refractivity contribution is 0.191. The molecule has 1 unspecified atom stereocenters. The Morgan fingerprint density at radius 1 is 1.31 bits per heavy atom. The van der Waals surface area contributed by atoms with Crippen molar-refractivity contribution in [3.63, 3.8) is 0 Å². The molecule has 0 aliphatic heterocycles. The van der Waals surface area contributed by atoms with E-state index in [2.05, 4.69) is 20.6 Å². The van der Waals surface area contributed by atoms with Crippen molar-refractivity contribution < 1.29 is 9.13 Å². The van der Waals surface area contributed by atoms with Gasteiger partial charge in [-0.05, 0) is 32.4 Å². The third-order valence-corrected chi connectivity index (χ3v) is 4.37. The van der Waals surface area contributed by atoms with E-state index in [1.54, 1.807) is 29.5 Å². The number of hydrogen-bond acceptors (Lipinski definition) is 4. The number of para-hydroxylation sites is 1. The Kier molecular flexibility index (Phi) is 10.5. The van der Waals surface area contributed by atoms with Crippen molar-refractivity contribution in [1.29, 1.82) is 0 Å². The van der Waals surface area contributed by atoms with E-state index < -0.39 is 0 Å². The third kappa shape index (κ3) is 7.45. The van der Waals surface area contributed by atoms with Crippen LogP contribution >= 0.6 is 35.3 Å². The Labute approximate surface area is 175 Å². The SMILES string of the molecule is CCNC(=NCc1ncc(C)s1)NCC(CC)Oc1ccccc1F.I. The molecule has 0 aliphatic rings. The molecule has 0 spiro atoms. The van der Waals surface area contributed by atoms with E-state index in [1.807, 2.05) is 27.0 Å². The number of nitrogens with one attached hydrogen (secondary N) is 2. The molecule has 1 heterocycles. The van der Waals surface area contributed by atoms with Crippen molar-refractivity contribution in [2.45, 2.75) is 39.8 Å². The van der Waals surface area contributed by atoms with Crippen molar-refractivity contribution in [3.05, 3.63) is 46.2 Å². The van der Waals surface area contributed by atoms with Crippen LogP contribution in [-0.2, 0) is 6.54 Å². The molecule has 2 N–H and O–H groups in total. The Balaban J connectivity index is 0.00000338. The second-order valence-corrected chi connectivity index (χ2v) is 6.84. The summed E-state index contributed by atoms with van der Waals surface area (Å²) in [5.74, 6) is 0.628. The number of benzene rings is 1. The van der Waals surface area contributed by atoms with Crippen LogP contribution in [0, 0.1) is 12.7 Å². The maximum Gasteiger partial charge on any atom is 0.191 e. The molecule has 0 fully saturated rings. The molecule has 1 atom stereocenters. The van der Waals surface area contributed by atoms with E-state index in [0.717, 1.165) is 18.0 Å². The highest BCUT2D eigenvalue weighted by molar-refractivity contribution is 14.0. The number of halogens is 2. The first-order chi connectivity index (χ1) is 12.1. The van der Waals surface area contributed by atoms with Crippen LogP contribution in [0.15, 0.2) is 35.5 Å². The number of thiazole rings is 1. The second-order valence-electron chi connectivity index (χ2n) is 5.52. The highest BCUT2D eigenvalue weighted by Crippen LogP contribution is 2.17. The van der Waals surface area contributed by atoms with Gasteiger partial charge in [-0.25, -0.2) is 14.4 Å². The van der Waals surface area contributed by atoms with Gasteiger partial charge in [0.25, 0.3) is 0 Å². The zero-order valence-electron chi connectivity index (χ0n) is 15.3. The molecule has 144 valence electrons. The third-order valence-electron chi connectivity index (χ3n) is 3.47. The molecule has 0 saturated heterocycles. The molecule has 0 saturated carbocycles. The number of guanidine groups is 1. The topological polar surface area (TPSA) is 58.5 Å². The van der Waals surface area contributed by atoms with E-state index in [4.69, 9.17) is 4.74 Å². The fraction of sp³-hybridized carbons (Fsp3) is 0.444. The van der Waals surface area contributed by atoms with Crippen LogP contribution in [0.1, 0.15) is 30.2 Å². The molecule has 8 heteroatoms. The normalized spacial score (nSPS) is 12.2. The maximum absolute atomic E-state index is 13.7. The summed E-state index contributed by atoms with van der Waals surface area (Å²) in [6, 6.07) is 6.46. The van der Waals surface area contributed by atoms with Crippen LogP contribution in [0.3, 0.4) is 0 Å². The molecule has 1 aromatic carbocycles. The van der Waals surface area contributed by atoms with Gasteiger partial charge < -0.3 is 15.4 Å². The van der Waals surface area contributed by atoms with Gasteiger partial charge in [-0.3, -0.25) is 0 Å². The van der Waals surface area contributed by atoms with E-state index >= 15 is 0 Å². The van der Waals surface area contributed by atoms with Crippen molar-refractivity contribution in [2.75, 3.05) is 13.1 Å². The smallest absolute Gasteiger partial charge is 0.191 e. The number of aromatic nitrogens is 1. The van der Waals surface area contributed by atoms with Crippen LogP contribution in [0.25, 0.3) is 0 Å². The summed E-state index contributed by atoms with van der Waals surface area (Å²) in [4.78, 5) is 10.0. The lowest BCUT2D eigenvalue weighted by Crippen LogP contribution is -2.42. The monoisotopic (exact) mass is 492 g/mol. The molecule has 2 aromatic rings. The highest BCUT2D eigenvalue weighted by Gasteiger charge is 2.12. The number of aliphatic imine (C=N–C) groups is 1.